The molecule has 0 saturated heterocycles. The SMILES string of the molecule is CCOCCCNC(=O)Cn1c(=O)[nH]c2c(-c3ccc(F)cc3)c[nH]c2c1=O. The van der Waals surface area contributed by atoms with Gasteiger partial charge >= 0.3 is 5.69 Å². The summed E-state index contributed by atoms with van der Waals surface area (Å²) in [5.41, 5.74) is 0.406. The number of aromatic amines is 2. The Balaban J connectivity index is 1.82. The van der Waals surface area contributed by atoms with Crippen molar-refractivity contribution in [2.45, 2.75) is 19.9 Å². The minimum absolute atomic E-state index is 0.170. The molecule has 1 amide bonds. The molecule has 3 N–H and O–H groups in total. The van der Waals surface area contributed by atoms with Gasteiger partial charge in [-0.2, -0.15) is 0 Å². The fraction of sp³-hybridized carbons (Fsp3) is 0.316. The first-order valence-electron chi connectivity index (χ1n) is 8.96. The van der Waals surface area contributed by atoms with Crippen molar-refractivity contribution >= 4 is 16.9 Å². The lowest BCUT2D eigenvalue weighted by atomic mass is 10.1. The molecule has 28 heavy (non-hydrogen) atoms. The van der Waals surface area contributed by atoms with Gasteiger partial charge in [0, 0.05) is 31.5 Å². The second kappa shape index (κ2) is 8.66. The highest BCUT2D eigenvalue weighted by Gasteiger charge is 2.15. The fourth-order valence-electron chi connectivity index (χ4n) is 2.87. The third-order valence-corrected chi connectivity index (χ3v) is 4.26. The molecule has 3 rings (SSSR count). The third-order valence-electron chi connectivity index (χ3n) is 4.26. The molecule has 0 spiro atoms. The van der Waals surface area contributed by atoms with E-state index in [9.17, 15) is 18.8 Å². The average Bonchev–Trinajstić information content (AvgIpc) is 3.09. The molecule has 0 radical (unpaired) electrons. The van der Waals surface area contributed by atoms with E-state index >= 15 is 0 Å². The zero-order chi connectivity index (χ0) is 20.1. The van der Waals surface area contributed by atoms with Crippen molar-refractivity contribution < 1.29 is 13.9 Å². The van der Waals surface area contributed by atoms with Gasteiger partial charge in [-0.15, -0.1) is 0 Å². The van der Waals surface area contributed by atoms with E-state index in [2.05, 4.69) is 15.3 Å². The largest absolute Gasteiger partial charge is 0.382 e. The summed E-state index contributed by atoms with van der Waals surface area (Å²) in [6, 6.07) is 5.70. The number of nitrogens with one attached hydrogen (secondary N) is 3. The van der Waals surface area contributed by atoms with E-state index in [1.165, 1.54) is 12.1 Å². The Morgan fingerprint density at radius 3 is 2.68 bits per heavy atom. The zero-order valence-corrected chi connectivity index (χ0v) is 15.4. The number of fused-ring (bicyclic) bond motifs is 1. The number of nitrogens with zero attached hydrogens (tertiary/aromatic N) is 1. The summed E-state index contributed by atoms with van der Waals surface area (Å²) in [6.07, 6.45) is 2.20. The van der Waals surface area contributed by atoms with Crippen molar-refractivity contribution in [3.63, 3.8) is 0 Å². The van der Waals surface area contributed by atoms with Crippen molar-refractivity contribution in [2.24, 2.45) is 0 Å². The van der Waals surface area contributed by atoms with Crippen LogP contribution in [0.25, 0.3) is 22.2 Å². The highest BCUT2D eigenvalue weighted by atomic mass is 19.1. The van der Waals surface area contributed by atoms with Gasteiger partial charge in [0.15, 0.2) is 0 Å². The standard InChI is InChI=1S/C19H21FN4O4/c1-2-28-9-3-8-21-15(25)11-24-18(26)17-16(23-19(24)27)14(10-22-17)12-4-6-13(20)7-5-12/h4-7,10,22H,2-3,8-9,11H2,1H3,(H,21,25)(H,23,27). The van der Waals surface area contributed by atoms with Crippen LogP contribution in [0.3, 0.4) is 0 Å². The van der Waals surface area contributed by atoms with Crippen molar-refractivity contribution in [3.05, 3.63) is 57.1 Å². The van der Waals surface area contributed by atoms with Crippen molar-refractivity contribution in [2.75, 3.05) is 19.8 Å². The summed E-state index contributed by atoms with van der Waals surface area (Å²) in [5, 5.41) is 2.65. The van der Waals surface area contributed by atoms with Crippen LogP contribution < -0.4 is 16.6 Å². The molecule has 0 bridgehead atoms. The van der Waals surface area contributed by atoms with Crippen LogP contribution >= 0.6 is 0 Å². The van der Waals surface area contributed by atoms with E-state index in [0.717, 1.165) is 4.57 Å². The summed E-state index contributed by atoms with van der Waals surface area (Å²) >= 11 is 0. The lowest BCUT2D eigenvalue weighted by Gasteiger charge is -2.07. The van der Waals surface area contributed by atoms with Crippen molar-refractivity contribution in [3.8, 4) is 11.1 Å². The zero-order valence-electron chi connectivity index (χ0n) is 15.4. The molecule has 148 valence electrons. The number of carbonyl (C=O) groups excluding carboxylic acids is 1. The highest BCUT2D eigenvalue weighted by Crippen LogP contribution is 2.25. The van der Waals surface area contributed by atoms with Crippen LogP contribution in [0.4, 0.5) is 4.39 Å². The number of amides is 1. The van der Waals surface area contributed by atoms with Crippen LogP contribution in [0, 0.1) is 5.82 Å². The first-order chi connectivity index (χ1) is 13.5. The smallest absolute Gasteiger partial charge is 0.329 e. The predicted octanol–water partition coefficient (Wildman–Crippen LogP) is 1.37. The Hall–Kier alpha value is -3.20. The topological polar surface area (TPSA) is 109 Å². The van der Waals surface area contributed by atoms with E-state index in [1.54, 1.807) is 18.3 Å². The maximum atomic E-state index is 13.1. The van der Waals surface area contributed by atoms with Crippen LogP contribution in [-0.2, 0) is 16.1 Å². The number of halogens is 1. The molecule has 0 unspecified atom stereocenters. The lowest BCUT2D eigenvalue weighted by molar-refractivity contribution is -0.121. The number of benzene rings is 1. The number of carbonyl (C=O) groups is 1. The number of aromatic nitrogens is 3. The van der Waals surface area contributed by atoms with Gasteiger partial charge in [0.2, 0.25) is 5.91 Å². The second-order valence-electron chi connectivity index (χ2n) is 6.18. The van der Waals surface area contributed by atoms with E-state index in [0.29, 0.717) is 42.8 Å². The maximum Gasteiger partial charge on any atom is 0.329 e. The summed E-state index contributed by atoms with van der Waals surface area (Å²) in [4.78, 5) is 42.5. The van der Waals surface area contributed by atoms with Gasteiger partial charge in [0.1, 0.15) is 17.9 Å². The third kappa shape index (κ3) is 4.20. The Kier molecular flexibility index (Phi) is 6.05. The first-order valence-corrected chi connectivity index (χ1v) is 8.96. The van der Waals surface area contributed by atoms with Gasteiger partial charge in [-0.3, -0.25) is 9.59 Å². The molecule has 0 fully saturated rings. The van der Waals surface area contributed by atoms with Gasteiger partial charge < -0.3 is 20.0 Å². The highest BCUT2D eigenvalue weighted by molar-refractivity contribution is 5.91. The number of ether oxygens (including phenoxy) is 1. The minimum Gasteiger partial charge on any atom is -0.382 e. The van der Waals surface area contributed by atoms with E-state index in [-0.39, 0.29) is 17.9 Å². The van der Waals surface area contributed by atoms with Crippen LogP contribution in [-0.4, -0.2) is 40.2 Å². The van der Waals surface area contributed by atoms with Gasteiger partial charge in [-0.05, 0) is 31.0 Å². The molecule has 3 aromatic rings. The molecule has 2 aromatic heterocycles. The molecule has 9 heteroatoms. The summed E-state index contributed by atoms with van der Waals surface area (Å²) in [6.45, 7) is 3.02. The number of hydrogen-bond acceptors (Lipinski definition) is 4. The van der Waals surface area contributed by atoms with Crippen LogP contribution in [0.2, 0.25) is 0 Å². The monoisotopic (exact) mass is 388 g/mol. The number of H-pyrrole nitrogens is 2. The second-order valence-corrected chi connectivity index (χ2v) is 6.18. The van der Waals surface area contributed by atoms with E-state index in [1.807, 2.05) is 6.92 Å². The van der Waals surface area contributed by atoms with E-state index in [4.69, 9.17) is 4.74 Å². The molecule has 0 aliphatic rings. The van der Waals surface area contributed by atoms with Crippen LogP contribution in [0.1, 0.15) is 13.3 Å². The first kappa shape index (κ1) is 19.6. The van der Waals surface area contributed by atoms with E-state index < -0.39 is 17.2 Å². The molecule has 0 aliphatic heterocycles. The fourth-order valence-corrected chi connectivity index (χ4v) is 2.87. The normalized spacial score (nSPS) is 11.1. The molecule has 0 aliphatic carbocycles. The van der Waals surface area contributed by atoms with Gasteiger partial charge in [-0.1, -0.05) is 12.1 Å². The Morgan fingerprint density at radius 1 is 1.21 bits per heavy atom. The minimum atomic E-state index is -0.690. The maximum absolute atomic E-state index is 13.1. The van der Waals surface area contributed by atoms with Crippen molar-refractivity contribution in [1.29, 1.82) is 0 Å². The number of hydrogen-bond donors (Lipinski definition) is 3. The molecular weight excluding hydrogens is 367 g/mol. The molecule has 0 saturated carbocycles. The molecule has 1 aromatic carbocycles. The van der Waals surface area contributed by atoms with Gasteiger partial charge in [0.25, 0.3) is 5.56 Å². The molecule has 8 nitrogen and oxygen atoms in total. The number of rotatable bonds is 8. The predicted molar refractivity (Wildman–Crippen MR) is 103 cm³/mol. The lowest BCUT2D eigenvalue weighted by Crippen LogP contribution is -2.40. The molecule has 0 atom stereocenters. The summed E-state index contributed by atoms with van der Waals surface area (Å²) in [5.74, 6) is -0.819. The van der Waals surface area contributed by atoms with Gasteiger partial charge in [-0.25, -0.2) is 13.8 Å². The van der Waals surface area contributed by atoms with Crippen LogP contribution in [0.5, 0.6) is 0 Å². The quantitative estimate of drug-likeness (QED) is 0.506. The van der Waals surface area contributed by atoms with Crippen LogP contribution in [0.15, 0.2) is 40.1 Å². The summed E-state index contributed by atoms with van der Waals surface area (Å²) in [7, 11) is 0. The van der Waals surface area contributed by atoms with Crippen molar-refractivity contribution in [1.82, 2.24) is 19.9 Å². The Labute approximate surface area is 159 Å². The van der Waals surface area contributed by atoms with Gasteiger partial charge in [0.05, 0.1) is 5.52 Å². The Morgan fingerprint density at radius 2 is 1.96 bits per heavy atom. The summed E-state index contributed by atoms with van der Waals surface area (Å²) < 4.78 is 19.1. The molecule has 2 heterocycles. The average molecular weight is 388 g/mol. The Bertz CT molecular complexity index is 1080. The molecular formula is C19H21FN4O4.